The fourth-order valence-electron chi connectivity index (χ4n) is 1.56. The quantitative estimate of drug-likeness (QED) is 0.560. The SMILES string of the molecule is ClN(C1CCC1)C1CCC1. The van der Waals surface area contributed by atoms with Gasteiger partial charge < -0.3 is 0 Å². The van der Waals surface area contributed by atoms with Crippen LogP contribution in [0.15, 0.2) is 0 Å². The molecule has 0 bridgehead atoms. The third-order valence-corrected chi connectivity index (χ3v) is 3.40. The lowest BCUT2D eigenvalue weighted by Crippen LogP contribution is -2.43. The van der Waals surface area contributed by atoms with E-state index in [0.717, 1.165) is 12.1 Å². The number of rotatable bonds is 2. The van der Waals surface area contributed by atoms with Crippen LogP contribution < -0.4 is 0 Å². The van der Waals surface area contributed by atoms with Gasteiger partial charge in [-0.2, -0.15) is 0 Å². The van der Waals surface area contributed by atoms with Crippen LogP contribution in [0.5, 0.6) is 0 Å². The lowest BCUT2D eigenvalue weighted by Gasteiger charge is -2.41. The summed E-state index contributed by atoms with van der Waals surface area (Å²) in [7, 11) is 0. The van der Waals surface area contributed by atoms with Crippen molar-refractivity contribution in [1.82, 2.24) is 4.42 Å². The Labute approximate surface area is 67.5 Å². The molecule has 0 heterocycles. The molecule has 2 saturated carbocycles. The van der Waals surface area contributed by atoms with Gasteiger partial charge in [0, 0.05) is 12.1 Å². The molecular weight excluding hydrogens is 146 g/mol. The third kappa shape index (κ3) is 1.06. The van der Waals surface area contributed by atoms with Crippen LogP contribution in [0.2, 0.25) is 0 Å². The maximum atomic E-state index is 6.12. The lowest BCUT2D eigenvalue weighted by molar-refractivity contribution is 0.128. The highest BCUT2D eigenvalue weighted by Crippen LogP contribution is 2.34. The average molecular weight is 160 g/mol. The summed E-state index contributed by atoms with van der Waals surface area (Å²) in [6.07, 6.45) is 8.11. The van der Waals surface area contributed by atoms with Crippen molar-refractivity contribution in [3.63, 3.8) is 0 Å². The zero-order chi connectivity index (χ0) is 6.97. The standard InChI is InChI=1S/C8H14ClN/c9-10(7-3-1-4-7)8-5-2-6-8/h7-8H,1-6H2. The molecule has 0 radical (unpaired) electrons. The van der Waals surface area contributed by atoms with Crippen molar-refractivity contribution in [1.29, 1.82) is 0 Å². The smallest absolute Gasteiger partial charge is 0.0254 e. The van der Waals surface area contributed by atoms with Crippen LogP contribution in [0, 0.1) is 0 Å². The van der Waals surface area contributed by atoms with Crippen LogP contribution in [-0.2, 0) is 0 Å². The van der Waals surface area contributed by atoms with Gasteiger partial charge in [0.25, 0.3) is 0 Å². The first-order valence-electron chi connectivity index (χ1n) is 4.32. The molecule has 0 aromatic heterocycles. The van der Waals surface area contributed by atoms with E-state index in [1.807, 2.05) is 0 Å². The van der Waals surface area contributed by atoms with Gasteiger partial charge in [-0.3, -0.25) is 0 Å². The van der Waals surface area contributed by atoms with Crippen LogP contribution in [0.1, 0.15) is 38.5 Å². The molecule has 1 nitrogen and oxygen atoms in total. The van der Waals surface area contributed by atoms with Gasteiger partial charge in [-0.15, -0.1) is 0 Å². The van der Waals surface area contributed by atoms with Gasteiger partial charge in [0.15, 0.2) is 0 Å². The Morgan fingerprint density at radius 3 is 1.50 bits per heavy atom. The molecule has 0 unspecified atom stereocenters. The van der Waals surface area contributed by atoms with Crippen molar-refractivity contribution in [2.75, 3.05) is 0 Å². The minimum absolute atomic E-state index is 0.729. The first-order chi connectivity index (χ1) is 4.88. The van der Waals surface area contributed by atoms with Crippen LogP contribution in [0.4, 0.5) is 0 Å². The highest BCUT2D eigenvalue weighted by atomic mass is 35.5. The van der Waals surface area contributed by atoms with Crippen molar-refractivity contribution in [2.24, 2.45) is 0 Å². The van der Waals surface area contributed by atoms with Gasteiger partial charge in [-0.1, -0.05) is 12.8 Å². The number of nitrogens with zero attached hydrogens (tertiary/aromatic N) is 1. The van der Waals surface area contributed by atoms with Gasteiger partial charge in [-0.05, 0) is 37.5 Å². The van der Waals surface area contributed by atoms with E-state index >= 15 is 0 Å². The van der Waals surface area contributed by atoms with Gasteiger partial charge in [0.1, 0.15) is 0 Å². The van der Waals surface area contributed by atoms with Crippen molar-refractivity contribution >= 4 is 11.8 Å². The summed E-state index contributed by atoms with van der Waals surface area (Å²) in [5.74, 6) is 0. The number of halogens is 1. The minimum Gasteiger partial charge on any atom is -0.214 e. The monoisotopic (exact) mass is 159 g/mol. The van der Waals surface area contributed by atoms with Crippen LogP contribution in [0.25, 0.3) is 0 Å². The highest BCUT2D eigenvalue weighted by Gasteiger charge is 2.32. The second kappa shape index (κ2) is 2.71. The molecule has 0 amide bonds. The molecule has 0 atom stereocenters. The first-order valence-corrected chi connectivity index (χ1v) is 4.66. The molecule has 2 aliphatic carbocycles. The maximum Gasteiger partial charge on any atom is 0.0254 e. The fraction of sp³-hybridized carbons (Fsp3) is 1.00. The predicted octanol–water partition coefficient (Wildman–Crippen LogP) is 2.55. The topological polar surface area (TPSA) is 3.24 Å². The molecule has 0 N–H and O–H groups in total. The summed E-state index contributed by atoms with van der Waals surface area (Å²) < 4.78 is 2.09. The molecule has 2 fully saturated rings. The van der Waals surface area contributed by atoms with Gasteiger partial charge in [0.05, 0.1) is 0 Å². The Balaban J connectivity index is 1.79. The van der Waals surface area contributed by atoms with Crippen molar-refractivity contribution in [2.45, 2.75) is 50.6 Å². The van der Waals surface area contributed by atoms with E-state index in [0.29, 0.717) is 0 Å². The zero-order valence-electron chi connectivity index (χ0n) is 6.22. The summed E-state index contributed by atoms with van der Waals surface area (Å²) in [6, 6.07) is 1.46. The average Bonchev–Trinajstić information content (AvgIpc) is 1.52. The Bertz CT molecular complexity index is 104. The Hall–Kier alpha value is 0.250. The minimum atomic E-state index is 0.729. The Morgan fingerprint density at radius 2 is 1.30 bits per heavy atom. The van der Waals surface area contributed by atoms with E-state index < -0.39 is 0 Å². The predicted molar refractivity (Wildman–Crippen MR) is 43.0 cm³/mol. The van der Waals surface area contributed by atoms with E-state index in [9.17, 15) is 0 Å². The summed E-state index contributed by atoms with van der Waals surface area (Å²) in [4.78, 5) is 0. The summed E-state index contributed by atoms with van der Waals surface area (Å²) in [6.45, 7) is 0. The van der Waals surface area contributed by atoms with Crippen molar-refractivity contribution < 1.29 is 0 Å². The molecule has 0 aliphatic heterocycles. The zero-order valence-corrected chi connectivity index (χ0v) is 6.98. The van der Waals surface area contributed by atoms with Gasteiger partial charge >= 0.3 is 0 Å². The first kappa shape index (κ1) is 6.93. The molecule has 0 spiro atoms. The van der Waals surface area contributed by atoms with Crippen molar-refractivity contribution in [3.05, 3.63) is 0 Å². The summed E-state index contributed by atoms with van der Waals surface area (Å²) in [5.41, 5.74) is 0. The molecule has 2 rings (SSSR count). The van der Waals surface area contributed by atoms with Crippen LogP contribution in [-0.4, -0.2) is 16.5 Å². The molecule has 58 valence electrons. The second-order valence-corrected chi connectivity index (χ2v) is 3.90. The van der Waals surface area contributed by atoms with E-state index in [1.54, 1.807) is 0 Å². The lowest BCUT2D eigenvalue weighted by atomic mass is 9.87. The number of hydrogen-bond acceptors (Lipinski definition) is 1. The normalized spacial score (nSPS) is 28.2. The van der Waals surface area contributed by atoms with E-state index in [4.69, 9.17) is 11.8 Å². The van der Waals surface area contributed by atoms with Gasteiger partial charge in [0.2, 0.25) is 0 Å². The molecule has 2 aliphatic rings. The van der Waals surface area contributed by atoms with Crippen LogP contribution in [0.3, 0.4) is 0 Å². The van der Waals surface area contributed by atoms with Crippen LogP contribution >= 0.6 is 11.8 Å². The van der Waals surface area contributed by atoms with Gasteiger partial charge in [-0.25, -0.2) is 4.42 Å². The molecular formula is C8H14ClN. The fourth-order valence-corrected chi connectivity index (χ4v) is 1.96. The molecule has 10 heavy (non-hydrogen) atoms. The summed E-state index contributed by atoms with van der Waals surface area (Å²) in [5, 5.41) is 0. The van der Waals surface area contributed by atoms with E-state index in [1.165, 1.54) is 38.5 Å². The summed E-state index contributed by atoms with van der Waals surface area (Å²) >= 11 is 6.12. The van der Waals surface area contributed by atoms with E-state index in [2.05, 4.69) is 4.42 Å². The maximum absolute atomic E-state index is 6.12. The Morgan fingerprint density at radius 1 is 0.900 bits per heavy atom. The second-order valence-electron chi connectivity index (χ2n) is 3.51. The molecule has 0 aromatic carbocycles. The molecule has 0 saturated heterocycles. The largest absolute Gasteiger partial charge is 0.214 e. The Kier molecular flexibility index (Phi) is 1.88. The molecule has 0 aromatic rings. The number of hydrogen-bond donors (Lipinski definition) is 0. The van der Waals surface area contributed by atoms with E-state index in [-0.39, 0.29) is 0 Å². The molecule has 2 heteroatoms. The highest BCUT2D eigenvalue weighted by molar-refractivity contribution is 6.13. The van der Waals surface area contributed by atoms with Crippen molar-refractivity contribution in [3.8, 4) is 0 Å². The third-order valence-electron chi connectivity index (χ3n) is 2.85.